The van der Waals surface area contributed by atoms with Crippen molar-refractivity contribution in [3.8, 4) is 34.0 Å². The number of aromatic nitrogens is 1. The third kappa shape index (κ3) is 1.24. The summed E-state index contributed by atoms with van der Waals surface area (Å²) in [5.74, 6) is 1.65. The monoisotopic (exact) mass is 237 g/mol. The number of ether oxygens (including phenoxy) is 2. The minimum absolute atomic E-state index is 0.285. The summed E-state index contributed by atoms with van der Waals surface area (Å²) in [6, 6.07) is 16.2. The third-order valence-electron chi connectivity index (χ3n) is 3.22. The largest absolute Gasteiger partial charge is 0.453 e. The molecule has 0 unspecified atom stereocenters. The SMILES string of the molecule is c1ccc(-c2[nH]c3cccc-3c3c2OCO3)cc1. The number of pyridine rings is 1. The Morgan fingerprint density at radius 1 is 0.833 bits per heavy atom. The van der Waals surface area contributed by atoms with E-state index in [0.29, 0.717) is 0 Å². The lowest BCUT2D eigenvalue weighted by Gasteiger charge is -2.11. The minimum Gasteiger partial charge on any atom is -0.453 e. The molecule has 0 fully saturated rings. The van der Waals surface area contributed by atoms with Crippen LogP contribution in [-0.4, -0.2) is 11.8 Å². The number of fused-ring (bicyclic) bond motifs is 3. The highest BCUT2D eigenvalue weighted by atomic mass is 16.7. The van der Waals surface area contributed by atoms with Gasteiger partial charge in [-0.2, -0.15) is 0 Å². The van der Waals surface area contributed by atoms with Crippen molar-refractivity contribution in [3.63, 3.8) is 0 Å². The van der Waals surface area contributed by atoms with Gasteiger partial charge in [0.05, 0.1) is 5.69 Å². The topological polar surface area (TPSA) is 34.2 Å². The van der Waals surface area contributed by atoms with Crippen LogP contribution >= 0.6 is 0 Å². The summed E-state index contributed by atoms with van der Waals surface area (Å²) < 4.78 is 11.2. The maximum atomic E-state index is 5.61. The zero-order valence-corrected chi connectivity index (χ0v) is 9.64. The third-order valence-corrected chi connectivity index (χ3v) is 3.22. The van der Waals surface area contributed by atoms with Crippen LogP contribution in [0.3, 0.4) is 0 Å². The van der Waals surface area contributed by atoms with Crippen LogP contribution in [-0.2, 0) is 0 Å². The number of H-pyrrole nitrogens is 1. The fraction of sp³-hybridized carbons (Fsp3) is 0.0667. The van der Waals surface area contributed by atoms with Gasteiger partial charge in [-0.15, -0.1) is 0 Å². The van der Waals surface area contributed by atoms with E-state index in [-0.39, 0.29) is 6.79 Å². The highest BCUT2D eigenvalue weighted by Gasteiger charge is 2.25. The lowest BCUT2D eigenvalue weighted by molar-refractivity contribution is 0.174. The Morgan fingerprint density at radius 3 is 2.56 bits per heavy atom. The van der Waals surface area contributed by atoms with Crippen LogP contribution in [0, 0.1) is 0 Å². The van der Waals surface area contributed by atoms with E-state index in [0.717, 1.165) is 34.0 Å². The number of nitrogens with one attached hydrogen (secondary N) is 1. The molecule has 1 N–H and O–H groups in total. The van der Waals surface area contributed by atoms with Gasteiger partial charge in [0.2, 0.25) is 6.79 Å². The van der Waals surface area contributed by atoms with Gasteiger partial charge >= 0.3 is 0 Å². The molecule has 1 aromatic rings. The quantitative estimate of drug-likeness (QED) is 0.702. The highest BCUT2D eigenvalue weighted by molar-refractivity contribution is 5.82. The first-order valence-corrected chi connectivity index (χ1v) is 5.89. The molecule has 0 amide bonds. The van der Waals surface area contributed by atoms with Gasteiger partial charge in [-0.25, -0.2) is 0 Å². The number of benzene rings is 1. The van der Waals surface area contributed by atoms with Crippen molar-refractivity contribution in [2.75, 3.05) is 6.79 Å². The molecule has 0 spiro atoms. The van der Waals surface area contributed by atoms with Crippen molar-refractivity contribution in [1.29, 1.82) is 0 Å². The Labute approximate surface area is 104 Å². The van der Waals surface area contributed by atoms with Gasteiger partial charge in [0.15, 0.2) is 11.5 Å². The summed E-state index contributed by atoms with van der Waals surface area (Å²) in [7, 11) is 0. The highest BCUT2D eigenvalue weighted by Crippen LogP contribution is 2.47. The van der Waals surface area contributed by atoms with E-state index in [2.05, 4.69) is 17.1 Å². The van der Waals surface area contributed by atoms with Crippen molar-refractivity contribution in [2.24, 2.45) is 0 Å². The molecule has 0 saturated heterocycles. The Hall–Kier alpha value is -2.42. The Morgan fingerprint density at radius 2 is 1.67 bits per heavy atom. The first-order valence-electron chi connectivity index (χ1n) is 5.89. The first-order chi connectivity index (χ1) is 8.93. The normalized spacial score (nSPS) is 13.1. The molecule has 0 saturated carbocycles. The van der Waals surface area contributed by atoms with E-state index in [1.165, 1.54) is 0 Å². The lowest BCUT2D eigenvalue weighted by atomic mass is 10.1. The van der Waals surface area contributed by atoms with E-state index in [4.69, 9.17) is 9.47 Å². The molecular weight excluding hydrogens is 226 g/mol. The van der Waals surface area contributed by atoms with E-state index in [1.807, 2.05) is 36.4 Å². The fourth-order valence-electron chi connectivity index (χ4n) is 2.39. The maximum absolute atomic E-state index is 5.61. The van der Waals surface area contributed by atoms with Gasteiger partial charge in [0.25, 0.3) is 0 Å². The van der Waals surface area contributed by atoms with E-state index in [9.17, 15) is 0 Å². The van der Waals surface area contributed by atoms with Crippen LogP contribution in [0.25, 0.3) is 22.5 Å². The molecule has 0 aromatic heterocycles. The molecule has 88 valence electrons. The fourth-order valence-corrected chi connectivity index (χ4v) is 2.39. The molecule has 0 bridgehead atoms. The molecule has 0 radical (unpaired) electrons. The van der Waals surface area contributed by atoms with Crippen LogP contribution < -0.4 is 9.47 Å². The smallest absolute Gasteiger partial charge is 0.231 e. The second-order valence-electron chi connectivity index (χ2n) is 4.28. The second kappa shape index (κ2) is 3.53. The van der Waals surface area contributed by atoms with Crippen molar-refractivity contribution < 1.29 is 9.47 Å². The predicted molar refractivity (Wildman–Crippen MR) is 69.0 cm³/mol. The molecule has 1 aliphatic carbocycles. The summed E-state index contributed by atoms with van der Waals surface area (Å²) in [6.45, 7) is 0.285. The van der Waals surface area contributed by atoms with E-state index in [1.54, 1.807) is 0 Å². The molecule has 3 aliphatic rings. The van der Waals surface area contributed by atoms with E-state index >= 15 is 0 Å². The summed E-state index contributed by atoms with van der Waals surface area (Å²) in [6.07, 6.45) is 0. The summed E-state index contributed by atoms with van der Waals surface area (Å²) in [5.41, 5.74) is 4.21. The number of hydrogen-bond acceptors (Lipinski definition) is 2. The molecule has 4 rings (SSSR count). The van der Waals surface area contributed by atoms with Gasteiger partial charge in [0, 0.05) is 16.8 Å². The summed E-state index contributed by atoms with van der Waals surface area (Å²) >= 11 is 0. The Balaban J connectivity index is 2.04. The van der Waals surface area contributed by atoms with Gasteiger partial charge in [-0.3, -0.25) is 0 Å². The van der Waals surface area contributed by atoms with Gasteiger partial charge in [-0.1, -0.05) is 36.4 Å². The van der Waals surface area contributed by atoms with Crippen molar-refractivity contribution in [1.82, 2.24) is 4.98 Å². The van der Waals surface area contributed by atoms with Crippen LogP contribution in [0.1, 0.15) is 0 Å². The first kappa shape index (κ1) is 9.59. The van der Waals surface area contributed by atoms with Crippen LogP contribution in [0.5, 0.6) is 11.5 Å². The summed E-state index contributed by atoms with van der Waals surface area (Å²) in [4.78, 5) is 3.42. The standard InChI is InChI=1S/C15H11NO2/c1-2-5-10(6-3-1)13-15-14(17-9-18-15)11-7-4-8-12(11)16-13/h1-8,16H,9H2. The van der Waals surface area contributed by atoms with Crippen molar-refractivity contribution in [3.05, 3.63) is 48.5 Å². The van der Waals surface area contributed by atoms with Crippen molar-refractivity contribution >= 4 is 0 Å². The average Bonchev–Trinajstić information content (AvgIpc) is 3.06. The number of rotatable bonds is 1. The number of hydrogen-bond donors (Lipinski definition) is 1. The van der Waals surface area contributed by atoms with E-state index < -0.39 is 0 Å². The number of aromatic amines is 1. The zero-order valence-electron chi connectivity index (χ0n) is 9.64. The van der Waals surface area contributed by atoms with Gasteiger partial charge < -0.3 is 14.5 Å². The van der Waals surface area contributed by atoms with Crippen molar-refractivity contribution in [2.45, 2.75) is 0 Å². The molecule has 3 heteroatoms. The van der Waals surface area contributed by atoms with Crippen LogP contribution in [0.15, 0.2) is 48.5 Å². The lowest BCUT2D eigenvalue weighted by Crippen LogP contribution is -1.94. The molecule has 18 heavy (non-hydrogen) atoms. The molecule has 2 heterocycles. The second-order valence-corrected chi connectivity index (χ2v) is 4.28. The molecule has 2 aliphatic heterocycles. The minimum atomic E-state index is 0.285. The van der Waals surface area contributed by atoms with Gasteiger partial charge in [-0.05, 0) is 12.1 Å². The average molecular weight is 237 g/mol. The zero-order chi connectivity index (χ0) is 11.9. The van der Waals surface area contributed by atoms with Crippen LogP contribution in [0.2, 0.25) is 0 Å². The van der Waals surface area contributed by atoms with Crippen LogP contribution in [0.4, 0.5) is 0 Å². The molecular formula is C15H11NO2. The molecule has 0 atom stereocenters. The van der Waals surface area contributed by atoms with Gasteiger partial charge in [0.1, 0.15) is 0 Å². The molecule has 3 nitrogen and oxygen atoms in total. The summed E-state index contributed by atoms with van der Waals surface area (Å²) in [5, 5.41) is 0. The molecule has 1 aromatic carbocycles. The Kier molecular flexibility index (Phi) is 1.88. The maximum Gasteiger partial charge on any atom is 0.231 e. The predicted octanol–water partition coefficient (Wildman–Crippen LogP) is 3.52. The Bertz CT molecular complexity index is 672.